The maximum atomic E-state index is 12.2. The second kappa shape index (κ2) is 10.8. The third-order valence-corrected chi connectivity index (χ3v) is 6.12. The minimum atomic E-state index is -0.425. The molecule has 33 heavy (non-hydrogen) atoms. The van der Waals surface area contributed by atoms with Crippen molar-refractivity contribution in [3.8, 4) is 0 Å². The minimum Gasteiger partial charge on any atom is -0.379 e. The highest BCUT2D eigenvalue weighted by atomic mass is 32.1. The van der Waals surface area contributed by atoms with Crippen LogP contribution in [0, 0.1) is 0 Å². The van der Waals surface area contributed by atoms with Crippen molar-refractivity contribution in [2.45, 2.75) is 32.4 Å². The van der Waals surface area contributed by atoms with Crippen LogP contribution in [0.1, 0.15) is 50.7 Å². The summed E-state index contributed by atoms with van der Waals surface area (Å²) in [7, 11) is 0. The Hall–Kier alpha value is -2.99. The first-order valence-corrected chi connectivity index (χ1v) is 11.6. The van der Waals surface area contributed by atoms with Crippen molar-refractivity contribution < 1.29 is 28.8 Å². The number of hydrogen-bond acceptors (Lipinski definition) is 9. The number of nitrogens with one attached hydrogen (secondary N) is 1. The zero-order valence-corrected chi connectivity index (χ0v) is 18.8. The molecule has 1 aromatic carbocycles. The lowest BCUT2D eigenvalue weighted by molar-refractivity contribution is -0.132. The molecule has 4 heterocycles. The van der Waals surface area contributed by atoms with Crippen molar-refractivity contribution in [2.24, 2.45) is 0 Å². The van der Waals surface area contributed by atoms with Gasteiger partial charge in [0.2, 0.25) is 11.8 Å². The van der Waals surface area contributed by atoms with Gasteiger partial charge in [-0.15, -0.1) is 16.4 Å². The van der Waals surface area contributed by atoms with Crippen LogP contribution < -0.4 is 5.32 Å². The predicted octanol–water partition coefficient (Wildman–Crippen LogP) is 1.52. The van der Waals surface area contributed by atoms with Crippen molar-refractivity contribution in [1.82, 2.24) is 20.3 Å². The van der Waals surface area contributed by atoms with E-state index >= 15 is 0 Å². The second-order valence-electron chi connectivity index (χ2n) is 7.67. The van der Waals surface area contributed by atoms with Gasteiger partial charge in [-0.2, -0.15) is 0 Å². The molecule has 2 aromatic rings. The SMILES string of the molecule is O=C1CCCC(=O)N1.O=C1c2ccccc2C(=O)N1OCc1nc(CN2CCOCC2)cs1. The summed E-state index contributed by atoms with van der Waals surface area (Å²) in [5.41, 5.74) is 1.71. The van der Waals surface area contributed by atoms with Gasteiger partial charge in [-0.25, -0.2) is 4.98 Å². The number of imide groups is 2. The molecule has 1 N–H and O–H groups in total. The number of benzene rings is 1. The van der Waals surface area contributed by atoms with E-state index in [-0.39, 0.29) is 18.4 Å². The third-order valence-electron chi connectivity index (χ3n) is 5.25. The molecule has 174 valence electrons. The maximum absolute atomic E-state index is 12.2. The molecule has 4 amide bonds. The largest absolute Gasteiger partial charge is 0.379 e. The first-order valence-electron chi connectivity index (χ1n) is 10.7. The molecule has 0 bridgehead atoms. The van der Waals surface area contributed by atoms with Crippen LogP contribution in [0.15, 0.2) is 29.6 Å². The highest BCUT2D eigenvalue weighted by Gasteiger charge is 2.36. The quantitative estimate of drug-likeness (QED) is 0.651. The van der Waals surface area contributed by atoms with Gasteiger partial charge in [0.15, 0.2) is 0 Å². The second-order valence-corrected chi connectivity index (χ2v) is 8.61. The number of thiazole rings is 1. The molecule has 10 nitrogen and oxygen atoms in total. The van der Waals surface area contributed by atoms with Crippen molar-refractivity contribution in [3.05, 3.63) is 51.5 Å². The number of carbonyl (C=O) groups is 4. The Balaban J connectivity index is 0.000000275. The Morgan fingerprint density at radius 1 is 1.00 bits per heavy atom. The number of morpholine rings is 1. The lowest BCUT2D eigenvalue weighted by Gasteiger charge is -2.25. The first-order chi connectivity index (χ1) is 16.0. The van der Waals surface area contributed by atoms with E-state index in [1.165, 1.54) is 11.3 Å². The number of hydrogen-bond donors (Lipinski definition) is 1. The number of ether oxygens (including phenoxy) is 1. The van der Waals surface area contributed by atoms with E-state index in [1.54, 1.807) is 24.3 Å². The number of piperidine rings is 1. The molecular weight excluding hydrogens is 448 g/mol. The average Bonchev–Trinajstić information content (AvgIpc) is 3.36. The fraction of sp³-hybridized carbons (Fsp3) is 0.409. The zero-order valence-electron chi connectivity index (χ0n) is 18.0. The summed E-state index contributed by atoms with van der Waals surface area (Å²) in [6.45, 7) is 4.17. The molecule has 11 heteroatoms. The van der Waals surface area contributed by atoms with E-state index in [9.17, 15) is 19.2 Å². The molecule has 0 aliphatic carbocycles. The zero-order chi connectivity index (χ0) is 23.2. The van der Waals surface area contributed by atoms with Crippen LogP contribution in [0.2, 0.25) is 0 Å². The minimum absolute atomic E-state index is 0.0965. The molecule has 5 rings (SSSR count). The Bertz CT molecular complexity index is 1000. The Morgan fingerprint density at radius 2 is 1.64 bits per heavy atom. The number of carbonyl (C=O) groups excluding carboxylic acids is 4. The van der Waals surface area contributed by atoms with E-state index in [0.717, 1.165) is 48.6 Å². The number of fused-ring (bicyclic) bond motifs is 1. The highest BCUT2D eigenvalue weighted by Crippen LogP contribution is 2.24. The number of nitrogens with zero attached hydrogens (tertiary/aromatic N) is 3. The van der Waals surface area contributed by atoms with E-state index in [0.29, 0.717) is 30.4 Å². The fourth-order valence-electron chi connectivity index (χ4n) is 3.57. The van der Waals surface area contributed by atoms with Gasteiger partial charge in [-0.05, 0) is 18.6 Å². The number of rotatable bonds is 5. The van der Waals surface area contributed by atoms with Crippen molar-refractivity contribution in [2.75, 3.05) is 26.3 Å². The summed E-state index contributed by atoms with van der Waals surface area (Å²) in [5, 5.41) is 5.75. The number of hydroxylamine groups is 2. The molecule has 2 saturated heterocycles. The van der Waals surface area contributed by atoms with Crippen LogP contribution in [0.4, 0.5) is 0 Å². The van der Waals surface area contributed by atoms with Gasteiger partial charge >= 0.3 is 0 Å². The summed E-state index contributed by atoms with van der Waals surface area (Å²) in [5.74, 6) is -1.13. The predicted molar refractivity (Wildman–Crippen MR) is 117 cm³/mol. The number of amides is 4. The lowest BCUT2D eigenvalue weighted by Crippen LogP contribution is -2.35. The Labute approximate surface area is 194 Å². The van der Waals surface area contributed by atoms with Crippen molar-refractivity contribution >= 4 is 35.0 Å². The Morgan fingerprint density at radius 3 is 2.21 bits per heavy atom. The fourth-order valence-corrected chi connectivity index (χ4v) is 4.26. The normalized spacial score (nSPS) is 18.6. The molecule has 1 aromatic heterocycles. The topological polar surface area (TPSA) is 118 Å². The molecule has 3 aliphatic heterocycles. The standard InChI is InChI=1S/C17H17N3O4S.C5H7NO2/c21-16-13-3-1-2-4-14(13)17(22)20(16)24-10-15-18-12(11-25-15)9-19-5-7-23-8-6-19;7-4-2-1-3-5(8)6-4/h1-4,11H,5-10H2;1-3H2,(H,6,7,8). The van der Waals surface area contributed by atoms with Gasteiger partial charge in [0, 0.05) is 37.9 Å². The van der Waals surface area contributed by atoms with E-state index in [4.69, 9.17) is 9.57 Å². The van der Waals surface area contributed by atoms with Gasteiger partial charge in [0.1, 0.15) is 11.6 Å². The van der Waals surface area contributed by atoms with Crippen LogP contribution in [-0.2, 0) is 32.3 Å². The van der Waals surface area contributed by atoms with Crippen LogP contribution in [-0.4, -0.2) is 64.9 Å². The number of aromatic nitrogens is 1. The average molecular weight is 473 g/mol. The van der Waals surface area contributed by atoms with Crippen LogP contribution in [0.3, 0.4) is 0 Å². The van der Waals surface area contributed by atoms with Gasteiger partial charge in [-0.3, -0.25) is 34.2 Å². The summed E-state index contributed by atoms with van der Waals surface area (Å²) in [4.78, 5) is 57.4. The van der Waals surface area contributed by atoms with Crippen molar-refractivity contribution in [1.29, 1.82) is 0 Å². The Kier molecular flexibility index (Phi) is 7.55. The van der Waals surface area contributed by atoms with Crippen molar-refractivity contribution in [3.63, 3.8) is 0 Å². The molecule has 0 saturated carbocycles. The summed E-state index contributed by atoms with van der Waals surface area (Å²) >= 11 is 1.46. The molecular formula is C22H24N4O6S. The van der Waals surface area contributed by atoms with E-state index in [1.807, 2.05) is 5.38 Å². The molecule has 3 aliphatic rings. The highest BCUT2D eigenvalue weighted by molar-refractivity contribution is 7.09. The van der Waals surface area contributed by atoms with Gasteiger partial charge in [0.05, 0.1) is 30.0 Å². The van der Waals surface area contributed by atoms with Crippen LogP contribution >= 0.6 is 11.3 Å². The molecule has 2 fully saturated rings. The summed E-state index contributed by atoms with van der Waals surface area (Å²) in [6.07, 6.45) is 1.72. The van der Waals surface area contributed by atoms with Gasteiger partial charge in [-0.1, -0.05) is 12.1 Å². The summed E-state index contributed by atoms with van der Waals surface area (Å²) in [6, 6.07) is 6.71. The summed E-state index contributed by atoms with van der Waals surface area (Å²) < 4.78 is 5.34. The third kappa shape index (κ3) is 5.88. The van der Waals surface area contributed by atoms with Gasteiger partial charge in [0.25, 0.3) is 11.8 Å². The first kappa shape index (κ1) is 23.2. The van der Waals surface area contributed by atoms with Gasteiger partial charge < -0.3 is 4.74 Å². The monoisotopic (exact) mass is 472 g/mol. The molecule has 0 unspecified atom stereocenters. The van der Waals surface area contributed by atoms with Crippen LogP contribution in [0.5, 0.6) is 0 Å². The van der Waals surface area contributed by atoms with E-state index < -0.39 is 11.8 Å². The molecule has 0 radical (unpaired) electrons. The molecule has 0 spiro atoms. The van der Waals surface area contributed by atoms with E-state index in [2.05, 4.69) is 15.2 Å². The smallest absolute Gasteiger partial charge is 0.285 e. The molecule has 0 atom stereocenters. The maximum Gasteiger partial charge on any atom is 0.285 e. The van der Waals surface area contributed by atoms with Crippen LogP contribution in [0.25, 0.3) is 0 Å². The lowest BCUT2D eigenvalue weighted by atomic mass is 10.1.